The van der Waals surface area contributed by atoms with Crippen molar-refractivity contribution in [3.8, 4) is 0 Å². The Labute approximate surface area is 141 Å². The molecule has 1 aromatic heterocycles. The van der Waals surface area contributed by atoms with Gasteiger partial charge in [-0.05, 0) is 25.8 Å². The predicted octanol–water partition coefficient (Wildman–Crippen LogP) is -0.0409. The zero-order valence-electron chi connectivity index (χ0n) is 14.0. The van der Waals surface area contributed by atoms with Gasteiger partial charge in [-0.1, -0.05) is 0 Å². The highest BCUT2D eigenvalue weighted by Gasteiger charge is 2.22. The van der Waals surface area contributed by atoms with Crippen molar-refractivity contribution in [3.05, 3.63) is 17.5 Å². The zero-order valence-corrected chi connectivity index (χ0v) is 14.0. The van der Waals surface area contributed by atoms with Gasteiger partial charge in [0.15, 0.2) is 5.69 Å². The van der Waals surface area contributed by atoms with Crippen LogP contribution >= 0.6 is 0 Å². The van der Waals surface area contributed by atoms with Crippen LogP contribution in [0.3, 0.4) is 0 Å². The second kappa shape index (κ2) is 7.76. The average molecular weight is 336 g/mol. The summed E-state index contributed by atoms with van der Waals surface area (Å²) in [7, 11) is 0. The number of hydrogen-bond donors (Lipinski definition) is 1. The van der Waals surface area contributed by atoms with Crippen LogP contribution in [0.15, 0.2) is 6.07 Å². The van der Waals surface area contributed by atoms with E-state index in [2.05, 4.69) is 10.4 Å². The molecule has 0 aromatic carbocycles. The van der Waals surface area contributed by atoms with Crippen LogP contribution in [-0.2, 0) is 20.8 Å². The number of nitrogens with zero attached hydrogens (tertiary/aromatic N) is 3. The van der Waals surface area contributed by atoms with E-state index in [0.29, 0.717) is 38.5 Å². The number of hydrogen-bond acceptors (Lipinski definition) is 5. The molecule has 1 aromatic rings. The number of aryl methyl sites for hydroxylation is 1. The highest BCUT2D eigenvalue weighted by atomic mass is 16.5. The molecule has 2 aliphatic heterocycles. The fourth-order valence-corrected chi connectivity index (χ4v) is 2.93. The van der Waals surface area contributed by atoms with Gasteiger partial charge in [-0.3, -0.25) is 14.3 Å². The monoisotopic (exact) mass is 336 g/mol. The third-order valence-electron chi connectivity index (χ3n) is 4.34. The summed E-state index contributed by atoms with van der Waals surface area (Å²) in [5, 5.41) is 7.16. The minimum atomic E-state index is -0.123. The van der Waals surface area contributed by atoms with Gasteiger partial charge < -0.3 is 19.7 Å². The minimum absolute atomic E-state index is 0.106. The molecular weight excluding hydrogens is 312 g/mol. The summed E-state index contributed by atoms with van der Waals surface area (Å²) in [6, 6.07) is 1.73. The quantitative estimate of drug-likeness (QED) is 0.815. The van der Waals surface area contributed by atoms with Crippen LogP contribution in [0.4, 0.5) is 0 Å². The van der Waals surface area contributed by atoms with Crippen molar-refractivity contribution in [2.75, 3.05) is 39.5 Å². The molecule has 24 heavy (non-hydrogen) atoms. The van der Waals surface area contributed by atoms with E-state index in [0.717, 1.165) is 25.1 Å². The first kappa shape index (κ1) is 16.9. The molecule has 8 nitrogen and oxygen atoms in total. The van der Waals surface area contributed by atoms with Crippen LogP contribution in [0.25, 0.3) is 0 Å². The van der Waals surface area contributed by atoms with Crippen molar-refractivity contribution in [1.82, 2.24) is 20.0 Å². The van der Waals surface area contributed by atoms with Crippen molar-refractivity contribution in [1.29, 1.82) is 0 Å². The van der Waals surface area contributed by atoms with E-state index in [1.54, 1.807) is 15.6 Å². The molecule has 8 heteroatoms. The molecular formula is C16H24N4O4. The number of ether oxygens (including phenoxy) is 2. The molecule has 2 saturated heterocycles. The molecule has 2 amide bonds. The summed E-state index contributed by atoms with van der Waals surface area (Å²) in [4.78, 5) is 26.2. The number of rotatable bonds is 5. The van der Waals surface area contributed by atoms with Crippen LogP contribution in [0, 0.1) is 6.92 Å². The van der Waals surface area contributed by atoms with E-state index in [-0.39, 0.29) is 24.5 Å². The lowest BCUT2D eigenvalue weighted by Gasteiger charge is -2.25. The molecule has 2 aliphatic rings. The molecule has 0 bridgehead atoms. The van der Waals surface area contributed by atoms with Gasteiger partial charge in [0, 0.05) is 31.9 Å². The highest BCUT2D eigenvalue weighted by Crippen LogP contribution is 2.11. The summed E-state index contributed by atoms with van der Waals surface area (Å²) < 4.78 is 12.3. The van der Waals surface area contributed by atoms with Crippen molar-refractivity contribution in [3.63, 3.8) is 0 Å². The van der Waals surface area contributed by atoms with E-state index in [1.807, 2.05) is 6.92 Å². The normalized spacial score (nSPS) is 21.0. The molecule has 1 N–H and O–H groups in total. The first-order valence-electron chi connectivity index (χ1n) is 8.43. The van der Waals surface area contributed by atoms with E-state index < -0.39 is 0 Å². The van der Waals surface area contributed by atoms with Gasteiger partial charge in [-0.2, -0.15) is 5.10 Å². The molecule has 3 heterocycles. The van der Waals surface area contributed by atoms with Gasteiger partial charge in [0.05, 0.1) is 19.3 Å². The third-order valence-corrected chi connectivity index (χ3v) is 4.34. The Bertz CT molecular complexity index is 589. The molecule has 2 fully saturated rings. The second-order valence-corrected chi connectivity index (χ2v) is 6.17. The van der Waals surface area contributed by atoms with Gasteiger partial charge in [-0.15, -0.1) is 0 Å². The lowest BCUT2D eigenvalue weighted by molar-refractivity contribution is -0.122. The maximum atomic E-state index is 12.4. The van der Waals surface area contributed by atoms with Crippen LogP contribution in [-0.4, -0.2) is 72.1 Å². The summed E-state index contributed by atoms with van der Waals surface area (Å²) in [6.45, 7) is 5.50. The van der Waals surface area contributed by atoms with Crippen LogP contribution in [0.5, 0.6) is 0 Å². The lowest BCUT2D eigenvalue weighted by atomic mass is 10.2. The standard InChI is InChI=1S/C16H24N4O4/c1-12-9-14(16(22)19-4-7-23-8-5-19)18-20(12)11-15(21)17-10-13-3-2-6-24-13/h9,13H,2-8,10-11H2,1H3,(H,17,21)/t13-/m0/s1. The van der Waals surface area contributed by atoms with E-state index >= 15 is 0 Å². The largest absolute Gasteiger partial charge is 0.378 e. The van der Waals surface area contributed by atoms with Crippen LogP contribution in [0.2, 0.25) is 0 Å². The molecule has 132 valence electrons. The summed E-state index contributed by atoms with van der Waals surface area (Å²) in [6.07, 6.45) is 2.15. The topological polar surface area (TPSA) is 85.7 Å². The van der Waals surface area contributed by atoms with Gasteiger partial charge in [0.25, 0.3) is 5.91 Å². The van der Waals surface area contributed by atoms with Crippen molar-refractivity contribution < 1.29 is 19.1 Å². The lowest BCUT2D eigenvalue weighted by Crippen LogP contribution is -2.41. The Morgan fingerprint density at radius 1 is 1.33 bits per heavy atom. The Morgan fingerprint density at radius 3 is 2.83 bits per heavy atom. The molecule has 0 spiro atoms. The molecule has 0 unspecified atom stereocenters. The Morgan fingerprint density at radius 2 is 2.12 bits per heavy atom. The van der Waals surface area contributed by atoms with Gasteiger partial charge in [0.1, 0.15) is 6.54 Å². The number of morpholine rings is 1. The van der Waals surface area contributed by atoms with Crippen LogP contribution in [0.1, 0.15) is 29.0 Å². The van der Waals surface area contributed by atoms with E-state index in [1.165, 1.54) is 0 Å². The Kier molecular flexibility index (Phi) is 5.47. The summed E-state index contributed by atoms with van der Waals surface area (Å²) in [5.74, 6) is -0.234. The number of carbonyl (C=O) groups is 2. The van der Waals surface area contributed by atoms with Gasteiger partial charge in [-0.25, -0.2) is 0 Å². The average Bonchev–Trinajstić information content (AvgIpc) is 3.23. The third kappa shape index (κ3) is 4.12. The second-order valence-electron chi connectivity index (χ2n) is 6.17. The first-order valence-corrected chi connectivity index (χ1v) is 8.43. The molecule has 0 radical (unpaired) electrons. The maximum Gasteiger partial charge on any atom is 0.274 e. The smallest absolute Gasteiger partial charge is 0.274 e. The van der Waals surface area contributed by atoms with Crippen molar-refractivity contribution in [2.45, 2.75) is 32.4 Å². The van der Waals surface area contributed by atoms with Crippen molar-refractivity contribution in [2.24, 2.45) is 0 Å². The number of carbonyl (C=O) groups excluding carboxylic acids is 2. The van der Waals surface area contributed by atoms with E-state index in [9.17, 15) is 9.59 Å². The van der Waals surface area contributed by atoms with Crippen LogP contribution < -0.4 is 5.32 Å². The van der Waals surface area contributed by atoms with Gasteiger partial charge >= 0.3 is 0 Å². The summed E-state index contributed by atoms with van der Waals surface area (Å²) >= 11 is 0. The molecule has 0 aliphatic carbocycles. The Balaban J connectivity index is 1.54. The van der Waals surface area contributed by atoms with Crippen molar-refractivity contribution >= 4 is 11.8 Å². The summed E-state index contributed by atoms with van der Waals surface area (Å²) in [5.41, 5.74) is 1.17. The maximum absolute atomic E-state index is 12.4. The fraction of sp³-hybridized carbons (Fsp3) is 0.688. The minimum Gasteiger partial charge on any atom is -0.378 e. The van der Waals surface area contributed by atoms with Gasteiger partial charge in [0.2, 0.25) is 5.91 Å². The number of amides is 2. The molecule has 3 rings (SSSR count). The first-order chi connectivity index (χ1) is 11.6. The van der Waals surface area contributed by atoms with E-state index in [4.69, 9.17) is 9.47 Å². The fourth-order valence-electron chi connectivity index (χ4n) is 2.93. The predicted molar refractivity (Wildman–Crippen MR) is 85.7 cm³/mol. The number of nitrogens with one attached hydrogen (secondary N) is 1. The highest BCUT2D eigenvalue weighted by molar-refractivity contribution is 5.92. The molecule has 1 atom stereocenters. The Hall–Kier alpha value is -1.93. The molecule has 0 saturated carbocycles. The number of aromatic nitrogens is 2. The zero-order chi connectivity index (χ0) is 16.9. The SMILES string of the molecule is Cc1cc(C(=O)N2CCOCC2)nn1CC(=O)NC[C@@H]1CCCO1.